The van der Waals surface area contributed by atoms with Crippen molar-refractivity contribution in [3.63, 3.8) is 0 Å². The second-order valence-electron chi connectivity index (χ2n) is 1.99. The molecule has 3 heteroatoms. The predicted molar refractivity (Wildman–Crippen MR) is 36.2 cm³/mol. The molecule has 3 nitrogen and oxygen atoms in total. The fourth-order valence-corrected chi connectivity index (χ4v) is 0.772. The topological polar surface area (TPSA) is 47.2 Å². The lowest BCUT2D eigenvalue weighted by atomic mass is 10.3. The van der Waals surface area contributed by atoms with E-state index in [0.29, 0.717) is 12.1 Å². The number of rotatable bonds is 2. The number of pyridine rings is 1. The lowest BCUT2D eigenvalue weighted by Gasteiger charge is -2.00. The van der Waals surface area contributed by atoms with Gasteiger partial charge in [0, 0.05) is 12.1 Å². The minimum absolute atomic E-state index is 0.0201. The maximum atomic E-state index is 10.8. The molecule has 0 saturated heterocycles. The van der Waals surface area contributed by atoms with Crippen molar-refractivity contribution in [3.8, 4) is 0 Å². The molecule has 0 unspecified atom stereocenters. The van der Waals surface area contributed by atoms with Crippen LogP contribution in [-0.4, -0.2) is 11.7 Å². The Bertz CT molecular complexity index is 213. The minimum atomic E-state index is 0.0201. The highest BCUT2D eigenvalue weighted by atomic mass is 16.5. The van der Waals surface area contributed by atoms with Crippen LogP contribution in [0.1, 0.15) is 5.69 Å². The first-order valence-corrected chi connectivity index (χ1v) is 3.12. The zero-order valence-corrected chi connectivity index (χ0v) is 5.53. The van der Waals surface area contributed by atoms with E-state index >= 15 is 0 Å². The Hall–Kier alpha value is -1.09. The molecule has 54 valence electrons. The second kappa shape index (κ2) is 3.17. The molecule has 0 radical (unpaired) electrons. The van der Waals surface area contributed by atoms with Crippen LogP contribution in [0, 0.1) is 5.21 Å². The molecule has 0 atom stereocenters. The second-order valence-corrected chi connectivity index (χ2v) is 1.99. The van der Waals surface area contributed by atoms with Gasteiger partial charge in [-0.2, -0.15) is 4.73 Å². The number of hydrogen-bond acceptors (Lipinski definition) is 2. The third-order valence-electron chi connectivity index (χ3n) is 1.27. The minimum Gasteiger partial charge on any atom is -0.619 e. The summed E-state index contributed by atoms with van der Waals surface area (Å²) < 4.78 is 0.760. The van der Waals surface area contributed by atoms with E-state index in [0.717, 1.165) is 4.73 Å². The monoisotopic (exact) mass is 139 g/mol. The summed E-state index contributed by atoms with van der Waals surface area (Å²) in [6.07, 6.45) is 1.84. The van der Waals surface area contributed by atoms with E-state index in [4.69, 9.17) is 5.11 Å². The Kier molecular flexibility index (Phi) is 2.23. The number of aliphatic hydroxyl groups is 1. The Morgan fingerprint density at radius 3 is 2.90 bits per heavy atom. The fourth-order valence-electron chi connectivity index (χ4n) is 0.772. The van der Waals surface area contributed by atoms with Crippen LogP contribution in [0.5, 0.6) is 0 Å². The first-order chi connectivity index (χ1) is 4.84. The maximum absolute atomic E-state index is 10.8. The number of aromatic nitrogens is 1. The molecule has 1 rings (SSSR count). The van der Waals surface area contributed by atoms with Crippen LogP contribution >= 0.6 is 0 Å². The number of nitrogens with zero attached hydrogens (tertiary/aromatic N) is 1. The van der Waals surface area contributed by atoms with Crippen LogP contribution in [0.4, 0.5) is 0 Å². The molecule has 1 aromatic heterocycles. The van der Waals surface area contributed by atoms with Crippen LogP contribution in [0.25, 0.3) is 0 Å². The lowest BCUT2D eigenvalue weighted by Crippen LogP contribution is -2.31. The quantitative estimate of drug-likeness (QED) is 0.457. The molecule has 1 heterocycles. The van der Waals surface area contributed by atoms with Crippen molar-refractivity contribution in [1.29, 1.82) is 0 Å². The van der Waals surface area contributed by atoms with Gasteiger partial charge in [-0.1, -0.05) is 6.07 Å². The van der Waals surface area contributed by atoms with E-state index in [1.807, 2.05) is 0 Å². The summed E-state index contributed by atoms with van der Waals surface area (Å²) in [7, 11) is 0. The Labute approximate surface area is 59.1 Å². The molecule has 0 amide bonds. The van der Waals surface area contributed by atoms with Crippen molar-refractivity contribution >= 4 is 0 Å². The summed E-state index contributed by atoms with van der Waals surface area (Å²) in [5.41, 5.74) is 0.602. The smallest absolute Gasteiger partial charge is 0.195 e. The summed E-state index contributed by atoms with van der Waals surface area (Å²) in [5.74, 6) is 0. The zero-order chi connectivity index (χ0) is 7.40. The third-order valence-corrected chi connectivity index (χ3v) is 1.27. The van der Waals surface area contributed by atoms with Crippen molar-refractivity contribution in [1.82, 2.24) is 0 Å². The van der Waals surface area contributed by atoms with Gasteiger partial charge in [0.25, 0.3) is 0 Å². The molecular formula is C7H9NO2. The van der Waals surface area contributed by atoms with E-state index in [1.165, 1.54) is 6.20 Å². The van der Waals surface area contributed by atoms with Gasteiger partial charge in [0.2, 0.25) is 0 Å². The SMILES string of the molecule is [O-][n+]1ccccc1CCO. The van der Waals surface area contributed by atoms with Crippen LogP contribution in [0.15, 0.2) is 24.4 Å². The van der Waals surface area contributed by atoms with Crippen LogP contribution < -0.4 is 4.73 Å². The average molecular weight is 139 g/mol. The highest BCUT2D eigenvalue weighted by Gasteiger charge is 1.99. The van der Waals surface area contributed by atoms with Gasteiger partial charge in [0.1, 0.15) is 0 Å². The summed E-state index contributed by atoms with van der Waals surface area (Å²) in [6, 6.07) is 5.14. The maximum Gasteiger partial charge on any atom is 0.195 e. The predicted octanol–water partition coefficient (Wildman–Crippen LogP) is -0.145. The van der Waals surface area contributed by atoms with Crippen LogP contribution in [0.3, 0.4) is 0 Å². The summed E-state index contributed by atoms with van der Waals surface area (Å²) in [5, 5.41) is 19.3. The van der Waals surface area contributed by atoms with Crippen molar-refractivity contribution in [3.05, 3.63) is 35.3 Å². The normalized spacial score (nSPS) is 9.70. The summed E-state index contributed by atoms with van der Waals surface area (Å²) in [6.45, 7) is 0.0201. The van der Waals surface area contributed by atoms with Crippen LogP contribution in [-0.2, 0) is 6.42 Å². The van der Waals surface area contributed by atoms with Crippen molar-refractivity contribution in [2.24, 2.45) is 0 Å². The third kappa shape index (κ3) is 1.45. The first-order valence-electron chi connectivity index (χ1n) is 3.12. The number of hydrogen-bond donors (Lipinski definition) is 1. The van der Waals surface area contributed by atoms with E-state index in [9.17, 15) is 5.21 Å². The summed E-state index contributed by atoms with van der Waals surface area (Å²) in [4.78, 5) is 0. The van der Waals surface area contributed by atoms with Gasteiger partial charge in [0.15, 0.2) is 11.9 Å². The van der Waals surface area contributed by atoms with Gasteiger partial charge in [0.05, 0.1) is 13.0 Å². The Morgan fingerprint density at radius 2 is 2.30 bits per heavy atom. The van der Waals surface area contributed by atoms with Crippen molar-refractivity contribution in [2.45, 2.75) is 6.42 Å². The van der Waals surface area contributed by atoms with Crippen LogP contribution in [0.2, 0.25) is 0 Å². The molecular weight excluding hydrogens is 130 g/mol. The molecule has 1 aromatic rings. The van der Waals surface area contributed by atoms with E-state index in [1.54, 1.807) is 18.2 Å². The largest absolute Gasteiger partial charge is 0.619 e. The molecule has 10 heavy (non-hydrogen) atoms. The molecule has 0 aromatic carbocycles. The molecule has 0 aliphatic rings. The van der Waals surface area contributed by atoms with Gasteiger partial charge in [-0.3, -0.25) is 0 Å². The fraction of sp³-hybridized carbons (Fsp3) is 0.286. The van der Waals surface area contributed by atoms with E-state index in [-0.39, 0.29) is 6.61 Å². The summed E-state index contributed by atoms with van der Waals surface area (Å²) >= 11 is 0. The lowest BCUT2D eigenvalue weighted by molar-refractivity contribution is -0.614. The Morgan fingerprint density at radius 1 is 1.50 bits per heavy atom. The number of aliphatic hydroxyl groups excluding tert-OH is 1. The van der Waals surface area contributed by atoms with E-state index in [2.05, 4.69) is 0 Å². The van der Waals surface area contributed by atoms with Gasteiger partial charge < -0.3 is 10.3 Å². The van der Waals surface area contributed by atoms with Gasteiger partial charge in [-0.25, -0.2) is 0 Å². The molecule has 0 saturated carbocycles. The molecule has 1 N–H and O–H groups in total. The van der Waals surface area contributed by atoms with Gasteiger partial charge in [-0.15, -0.1) is 0 Å². The molecule has 0 aliphatic carbocycles. The molecule has 0 spiro atoms. The molecule has 0 bridgehead atoms. The standard InChI is InChI=1S/C7H9NO2/c9-6-4-7-3-1-2-5-8(7)10/h1-3,5,9H,4,6H2. The highest BCUT2D eigenvalue weighted by molar-refractivity contribution is 4.97. The first kappa shape index (κ1) is 7.02. The van der Waals surface area contributed by atoms with Crippen molar-refractivity contribution < 1.29 is 9.84 Å². The van der Waals surface area contributed by atoms with Crippen molar-refractivity contribution in [2.75, 3.05) is 6.61 Å². The zero-order valence-electron chi connectivity index (χ0n) is 5.53. The molecule has 0 aliphatic heterocycles. The van der Waals surface area contributed by atoms with Gasteiger partial charge >= 0.3 is 0 Å². The van der Waals surface area contributed by atoms with E-state index < -0.39 is 0 Å². The molecule has 0 fully saturated rings. The Balaban J connectivity index is 2.81. The average Bonchev–Trinajstić information content (AvgIpc) is 1.94. The highest BCUT2D eigenvalue weighted by Crippen LogP contribution is 1.90. The van der Waals surface area contributed by atoms with Gasteiger partial charge in [-0.05, 0) is 0 Å².